The topological polar surface area (TPSA) is 23.5 Å². The molecule has 2 nitrogen and oxygen atoms in total. The molecule has 1 aromatic carbocycles. The van der Waals surface area contributed by atoms with Crippen LogP contribution >= 0.6 is 0 Å². The molecule has 3 heteroatoms. The fourth-order valence-electron chi connectivity index (χ4n) is 1.85. The van der Waals surface area contributed by atoms with Crippen LogP contribution in [0.4, 0.5) is 10.1 Å². The van der Waals surface area contributed by atoms with Crippen LogP contribution in [0.15, 0.2) is 18.2 Å². The Morgan fingerprint density at radius 2 is 2.20 bits per heavy atom. The van der Waals surface area contributed by atoms with Crippen LogP contribution in [0.3, 0.4) is 0 Å². The van der Waals surface area contributed by atoms with Crippen molar-refractivity contribution in [2.45, 2.75) is 19.4 Å². The largest absolute Gasteiger partial charge is 0.391 e. The lowest BCUT2D eigenvalue weighted by molar-refractivity contribution is 0.276. The summed E-state index contributed by atoms with van der Waals surface area (Å²) >= 11 is 0. The number of rotatable bonds is 4. The van der Waals surface area contributed by atoms with E-state index in [0.717, 1.165) is 18.2 Å². The van der Waals surface area contributed by atoms with E-state index in [-0.39, 0.29) is 12.4 Å². The fourth-order valence-corrected chi connectivity index (χ4v) is 1.85. The first-order chi connectivity index (χ1) is 7.22. The van der Waals surface area contributed by atoms with Crippen LogP contribution in [0.25, 0.3) is 0 Å². The summed E-state index contributed by atoms with van der Waals surface area (Å²) in [6, 6.07) is 4.93. The van der Waals surface area contributed by atoms with Gasteiger partial charge in [0.25, 0.3) is 0 Å². The van der Waals surface area contributed by atoms with Crippen LogP contribution in [0.5, 0.6) is 0 Å². The number of halogens is 1. The lowest BCUT2D eigenvalue weighted by Gasteiger charge is -2.22. The minimum Gasteiger partial charge on any atom is -0.391 e. The summed E-state index contributed by atoms with van der Waals surface area (Å²) < 4.78 is 13.4. The molecule has 0 heterocycles. The Bertz CT molecular complexity index is 349. The van der Waals surface area contributed by atoms with Gasteiger partial charge in [0.2, 0.25) is 0 Å². The second kappa shape index (κ2) is 4.19. The van der Waals surface area contributed by atoms with Gasteiger partial charge in [0, 0.05) is 24.8 Å². The van der Waals surface area contributed by atoms with Crippen LogP contribution in [0.2, 0.25) is 0 Å². The zero-order valence-corrected chi connectivity index (χ0v) is 8.91. The summed E-state index contributed by atoms with van der Waals surface area (Å²) in [6.45, 7) is 0.716. The van der Waals surface area contributed by atoms with Crippen molar-refractivity contribution in [1.82, 2.24) is 0 Å². The van der Waals surface area contributed by atoms with Crippen molar-refractivity contribution in [3.8, 4) is 0 Å². The van der Waals surface area contributed by atoms with Crippen molar-refractivity contribution >= 4 is 5.69 Å². The van der Waals surface area contributed by atoms with Crippen molar-refractivity contribution < 1.29 is 9.50 Å². The Labute approximate surface area is 89.3 Å². The molecule has 2 rings (SSSR count). The summed E-state index contributed by atoms with van der Waals surface area (Å²) in [4.78, 5) is 2.03. The van der Waals surface area contributed by atoms with E-state index in [4.69, 9.17) is 5.11 Å². The minimum atomic E-state index is -0.322. The Balaban J connectivity index is 2.20. The van der Waals surface area contributed by atoms with Gasteiger partial charge in [-0.05, 0) is 30.9 Å². The van der Waals surface area contributed by atoms with E-state index in [2.05, 4.69) is 0 Å². The standard InChI is InChI=1S/C12H16FNO/c1-14(7-9-5-6-9)12-4-2-3-11(13)10(12)8-15/h2-4,9,15H,5-8H2,1H3. The zero-order chi connectivity index (χ0) is 10.8. The Hall–Kier alpha value is -1.09. The van der Waals surface area contributed by atoms with Crippen molar-refractivity contribution in [1.29, 1.82) is 0 Å². The molecular weight excluding hydrogens is 193 g/mol. The number of aliphatic hydroxyl groups excluding tert-OH is 1. The van der Waals surface area contributed by atoms with Gasteiger partial charge in [-0.3, -0.25) is 0 Å². The summed E-state index contributed by atoms with van der Waals surface area (Å²) in [6.07, 6.45) is 2.54. The minimum absolute atomic E-state index is 0.239. The molecular formula is C12H16FNO. The van der Waals surface area contributed by atoms with E-state index in [1.807, 2.05) is 18.0 Å². The molecule has 1 aromatic rings. The average Bonchev–Trinajstić information content (AvgIpc) is 3.01. The van der Waals surface area contributed by atoms with Crippen LogP contribution < -0.4 is 4.90 Å². The first-order valence-corrected chi connectivity index (χ1v) is 5.31. The number of nitrogens with zero attached hydrogens (tertiary/aromatic N) is 1. The lowest BCUT2D eigenvalue weighted by atomic mass is 10.1. The van der Waals surface area contributed by atoms with Gasteiger partial charge in [-0.15, -0.1) is 0 Å². The normalized spacial score (nSPS) is 15.4. The number of aliphatic hydroxyl groups is 1. The maximum absolute atomic E-state index is 13.4. The molecule has 0 aromatic heterocycles. The predicted octanol–water partition coefficient (Wildman–Crippen LogP) is 2.16. The van der Waals surface area contributed by atoms with Gasteiger partial charge in [-0.1, -0.05) is 6.07 Å². The Morgan fingerprint density at radius 3 is 2.80 bits per heavy atom. The van der Waals surface area contributed by atoms with Gasteiger partial charge >= 0.3 is 0 Å². The molecule has 1 fully saturated rings. The molecule has 0 bridgehead atoms. The van der Waals surface area contributed by atoms with E-state index in [0.29, 0.717) is 5.56 Å². The molecule has 0 saturated heterocycles. The third-order valence-electron chi connectivity index (χ3n) is 2.89. The van der Waals surface area contributed by atoms with Gasteiger partial charge in [0.15, 0.2) is 0 Å². The van der Waals surface area contributed by atoms with E-state index < -0.39 is 0 Å². The molecule has 82 valence electrons. The second-order valence-corrected chi connectivity index (χ2v) is 4.22. The van der Waals surface area contributed by atoms with E-state index in [1.165, 1.54) is 18.9 Å². The van der Waals surface area contributed by atoms with E-state index >= 15 is 0 Å². The molecule has 1 aliphatic carbocycles. The molecule has 0 radical (unpaired) electrons. The van der Waals surface area contributed by atoms with Crippen molar-refractivity contribution in [3.05, 3.63) is 29.6 Å². The maximum atomic E-state index is 13.4. The van der Waals surface area contributed by atoms with Crippen LogP contribution in [-0.4, -0.2) is 18.7 Å². The Morgan fingerprint density at radius 1 is 1.47 bits per heavy atom. The molecule has 1 N–H and O–H groups in total. The molecule has 1 aliphatic rings. The SMILES string of the molecule is CN(CC1CC1)c1cccc(F)c1CO. The summed E-state index contributed by atoms with van der Waals surface area (Å²) in [5.41, 5.74) is 1.21. The Kier molecular flexibility index (Phi) is 2.91. The summed E-state index contributed by atoms with van der Waals surface area (Å²) in [5, 5.41) is 9.13. The van der Waals surface area contributed by atoms with Crippen LogP contribution in [0.1, 0.15) is 18.4 Å². The first kappa shape index (κ1) is 10.4. The molecule has 15 heavy (non-hydrogen) atoms. The molecule has 0 atom stereocenters. The smallest absolute Gasteiger partial charge is 0.130 e. The van der Waals surface area contributed by atoms with E-state index in [9.17, 15) is 4.39 Å². The molecule has 1 saturated carbocycles. The number of hydrogen-bond acceptors (Lipinski definition) is 2. The first-order valence-electron chi connectivity index (χ1n) is 5.31. The van der Waals surface area contributed by atoms with Gasteiger partial charge in [-0.25, -0.2) is 4.39 Å². The molecule has 0 unspecified atom stereocenters. The highest BCUT2D eigenvalue weighted by molar-refractivity contribution is 5.53. The summed E-state index contributed by atoms with van der Waals surface area (Å²) in [5.74, 6) is 0.433. The van der Waals surface area contributed by atoms with Gasteiger partial charge in [-0.2, -0.15) is 0 Å². The van der Waals surface area contributed by atoms with Crippen molar-refractivity contribution in [2.24, 2.45) is 5.92 Å². The third-order valence-corrected chi connectivity index (χ3v) is 2.89. The number of anilines is 1. The third kappa shape index (κ3) is 2.29. The monoisotopic (exact) mass is 209 g/mol. The van der Waals surface area contributed by atoms with E-state index in [1.54, 1.807) is 6.07 Å². The van der Waals surface area contributed by atoms with Crippen LogP contribution in [-0.2, 0) is 6.61 Å². The van der Waals surface area contributed by atoms with Crippen molar-refractivity contribution in [2.75, 3.05) is 18.5 Å². The highest BCUT2D eigenvalue weighted by atomic mass is 19.1. The average molecular weight is 209 g/mol. The summed E-state index contributed by atoms with van der Waals surface area (Å²) in [7, 11) is 1.95. The quantitative estimate of drug-likeness (QED) is 0.821. The number of hydrogen-bond donors (Lipinski definition) is 1. The van der Waals surface area contributed by atoms with Crippen molar-refractivity contribution in [3.63, 3.8) is 0 Å². The number of benzene rings is 1. The highest BCUT2D eigenvalue weighted by Gasteiger charge is 2.24. The molecule has 0 aliphatic heterocycles. The molecule has 0 amide bonds. The predicted molar refractivity (Wildman–Crippen MR) is 58.3 cm³/mol. The van der Waals surface area contributed by atoms with Gasteiger partial charge < -0.3 is 10.0 Å². The fraction of sp³-hybridized carbons (Fsp3) is 0.500. The second-order valence-electron chi connectivity index (χ2n) is 4.22. The maximum Gasteiger partial charge on any atom is 0.130 e. The highest BCUT2D eigenvalue weighted by Crippen LogP contribution is 2.32. The van der Waals surface area contributed by atoms with Gasteiger partial charge in [0.1, 0.15) is 5.82 Å². The zero-order valence-electron chi connectivity index (χ0n) is 8.91. The lowest BCUT2D eigenvalue weighted by Crippen LogP contribution is -2.21. The molecule has 0 spiro atoms. The van der Waals surface area contributed by atoms with Crippen LogP contribution in [0, 0.1) is 11.7 Å². The van der Waals surface area contributed by atoms with Gasteiger partial charge in [0.05, 0.1) is 6.61 Å².